The summed E-state index contributed by atoms with van der Waals surface area (Å²) in [6.07, 6.45) is 0. The molecular weight excluding hydrogens is 244 g/mol. The van der Waals surface area contributed by atoms with Gasteiger partial charge in [0.1, 0.15) is 5.82 Å². The van der Waals surface area contributed by atoms with E-state index >= 15 is 0 Å². The van der Waals surface area contributed by atoms with Crippen molar-refractivity contribution in [3.05, 3.63) is 64.7 Å². The number of hydrogen-bond acceptors (Lipinski definition) is 1. The molecule has 0 heterocycles. The van der Waals surface area contributed by atoms with Crippen LogP contribution in [0, 0.1) is 11.6 Å². The van der Waals surface area contributed by atoms with Crippen LogP contribution in [-0.4, -0.2) is 0 Å². The summed E-state index contributed by atoms with van der Waals surface area (Å²) in [5.41, 5.74) is 1.05. The molecule has 2 aromatic rings. The molecule has 0 atom stereocenters. The maximum atomic E-state index is 13.5. The minimum absolute atomic E-state index is 0.0641. The summed E-state index contributed by atoms with van der Waals surface area (Å²) < 4.78 is 26.4. The number of nitrogens with one attached hydrogen (secondary N) is 1. The fourth-order valence-corrected chi connectivity index (χ4v) is 1.66. The molecule has 1 nitrogen and oxygen atoms in total. The first kappa shape index (κ1) is 11.9. The van der Waals surface area contributed by atoms with Crippen molar-refractivity contribution in [2.75, 3.05) is 5.32 Å². The van der Waals surface area contributed by atoms with Crippen LogP contribution in [0.5, 0.6) is 0 Å². The maximum absolute atomic E-state index is 13.5. The molecular formula is C13H10ClF2N. The summed E-state index contributed by atoms with van der Waals surface area (Å²) in [6, 6.07) is 10.8. The van der Waals surface area contributed by atoms with Gasteiger partial charge < -0.3 is 5.32 Å². The Bertz CT molecular complexity index is 529. The average molecular weight is 254 g/mol. The van der Waals surface area contributed by atoms with E-state index in [1.54, 1.807) is 24.3 Å². The second-order valence-corrected chi connectivity index (χ2v) is 3.99. The topological polar surface area (TPSA) is 12.0 Å². The summed E-state index contributed by atoms with van der Waals surface area (Å²) in [6.45, 7) is 0.342. The highest BCUT2D eigenvalue weighted by Crippen LogP contribution is 2.22. The number of benzene rings is 2. The van der Waals surface area contributed by atoms with Crippen LogP contribution in [0.25, 0.3) is 0 Å². The van der Waals surface area contributed by atoms with E-state index in [1.165, 1.54) is 18.2 Å². The lowest BCUT2D eigenvalue weighted by Crippen LogP contribution is -2.01. The lowest BCUT2D eigenvalue weighted by molar-refractivity contribution is 0.625. The minimum atomic E-state index is -0.495. The first-order valence-electron chi connectivity index (χ1n) is 5.09. The lowest BCUT2D eigenvalue weighted by Gasteiger charge is -2.08. The third kappa shape index (κ3) is 2.94. The van der Waals surface area contributed by atoms with Crippen molar-refractivity contribution >= 4 is 17.3 Å². The highest BCUT2D eigenvalue weighted by molar-refractivity contribution is 6.31. The van der Waals surface area contributed by atoms with Gasteiger partial charge in [0.05, 0.1) is 10.7 Å². The van der Waals surface area contributed by atoms with E-state index in [4.69, 9.17) is 11.6 Å². The highest BCUT2D eigenvalue weighted by Gasteiger charge is 2.05. The van der Waals surface area contributed by atoms with E-state index in [2.05, 4.69) is 5.32 Å². The van der Waals surface area contributed by atoms with E-state index in [9.17, 15) is 8.78 Å². The van der Waals surface area contributed by atoms with E-state index in [0.717, 1.165) is 5.56 Å². The number of rotatable bonds is 3. The molecule has 0 saturated carbocycles. The van der Waals surface area contributed by atoms with Gasteiger partial charge in [-0.1, -0.05) is 29.8 Å². The Morgan fingerprint density at radius 3 is 2.59 bits per heavy atom. The van der Waals surface area contributed by atoms with Crippen molar-refractivity contribution < 1.29 is 8.78 Å². The van der Waals surface area contributed by atoms with Crippen LogP contribution in [0.4, 0.5) is 14.5 Å². The van der Waals surface area contributed by atoms with Gasteiger partial charge in [0.15, 0.2) is 5.82 Å². The largest absolute Gasteiger partial charge is 0.379 e. The summed E-state index contributed by atoms with van der Waals surface area (Å²) in [5.74, 6) is -0.804. The van der Waals surface area contributed by atoms with E-state index < -0.39 is 5.82 Å². The fraction of sp³-hybridized carbons (Fsp3) is 0.0769. The van der Waals surface area contributed by atoms with Gasteiger partial charge in [0, 0.05) is 6.54 Å². The molecule has 0 saturated heterocycles. The van der Waals surface area contributed by atoms with Gasteiger partial charge in [0.25, 0.3) is 0 Å². The lowest BCUT2D eigenvalue weighted by atomic mass is 10.2. The van der Waals surface area contributed by atoms with Crippen LogP contribution < -0.4 is 5.32 Å². The molecule has 2 aromatic carbocycles. The zero-order valence-electron chi connectivity index (χ0n) is 8.88. The van der Waals surface area contributed by atoms with Gasteiger partial charge in [-0.15, -0.1) is 0 Å². The molecule has 0 aromatic heterocycles. The van der Waals surface area contributed by atoms with Crippen LogP contribution in [0.15, 0.2) is 42.5 Å². The van der Waals surface area contributed by atoms with Gasteiger partial charge in [0.2, 0.25) is 0 Å². The second-order valence-electron chi connectivity index (χ2n) is 3.58. The molecule has 2 rings (SSSR count). The Morgan fingerprint density at radius 2 is 1.82 bits per heavy atom. The van der Waals surface area contributed by atoms with Gasteiger partial charge in [-0.25, -0.2) is 8.78 Å². The Kier molecular flexibility index (Phi) is 3.59. The van der Waals surface area contributed by atoms with Crippen LogP contribution >= 0.6 is 11.6 Å². The van der Waals surface area contributed by atoms with Gasteiger partial charge in [-0.2, -0.15) is 0 Å². The van der Waals surface area contributed by atoms with Gasteiger partial charge >= 0.3 is 0 Å². The van der Waals surface area contributed by atoms with Crippen LogP contribution in [0.3, 0.4) is 0 Å². The average Bonchev–Trinajstić information content (AvgIpc) is 2.31. The zero-order valence-corrected chi connectivity index (χ0v) is 9.64. The van der Waals surface area contributed by atoms with Gasteiger partial charge in [-0.3, -0.25) is 0 Å². The van der Waals surface area contributed by atoms with E-state index in [0.29, 0.717) is 12.2 Å². The summed E-state index contributed by atoms with van der Waals surface area (Å²) in [4.78, 5) is 0. The Morgan fingerprint density at radius 1 is 1.06 bits per heavy atom. The van der Waals surface area contributed by atoms with Gasteiger partial charge in [-0.05, 0) is 29.8 Å². The molecule has 1 N–H and O–H groups in total. The maximum Gasteiger partial charge on any atom is 0.164 e. The van der Waals surface area contributed by atoms with Crippen molar-refractivity contribution in [1.29, 1.82) is 0 Å². The second kappa shape index (κ2) is 5.15. The van der Waals surface area contributed by atoms with Crippen molar-refractivity contribution in [2.24, 2.45) is 0 Å². The normalized spacial score (nSPS) is 10.3. The molecule has 0 spiro atoms. The minimum Gasteiger partial charge on any atom is -0.379 e. The number of halogens is 3. The quantitative estimate of drug-likeness (QED) is 0.863. The van der Waals surface area contributed by atoms with E-state index in [-0.39, 0.29) is 10.8 Å². The van der Waals surface area contributed by atoms with Crippen LogP contribution in [0.1, 0.15) is 5.56 Å². The first-order valence-corrected chi connectivity index (χ1v) is 5.47. The molecule has 0 radical (unpaired) electrons. The molecule has 4 heteroatoms. The fourth-order valence-electron chi connectivity index (χ4n) is 1.48. The molecule has 0 aliphatic rings. The Hall–Kier alpha value is -1.61. The Labute approximate surface area is 103 Å². The molecule has 0 aliphatic heterocycles. The van der Waals surface area contributed by atoms with Crippen LogP contribution in [0.2, 0.25) is 5.02 Å². The molecule has 0 unspecified atom stereocenters. The van der Waals surface area contributed by atoms with Crippen molar-refractivity contribution in [3.63, 3.8) is 0 Å². The molecule has 17 heavy (non-hydrogen) atoms. The predicted octanol–water partition coefficient (Wildman–Crippen LogP) is 4.23. The SMILES string of the molecule is Fc1cccc(CNc2cccc(Cl)c2F)c1. The predicted molar refractivity (Wildman–Crippen MR) is 65.1 cm³/mol. The number of hydrogen-bond donors (Lipinski definition) is 1. The summed E-state index contributed by atoms with van der Waals surface area (Å²) >= 11 is 5.65. The van der Waals surface area contributed by atoms with Crippen molar-refractivity contribution in [2.45, 2.75) is 6.54 Å². The summed E-state index contributed by atoms with van der Waals surface area (Å²) in [7, 11) is 0. The van der Waals surface area contributed by atoms with Crippen molar-refractivity contribution in [1.82, 2.24) is 0 Å². The van der Waals surface area contributed by atoms with E-state index in [1.807, 2.05) is 0 Å². The smallest absolute Gasteiger partial charge is 0.164 e. The third-order valence-corrected chi connectivity index (χ3v) is 2.62. The van der Waals surface area contributed by atoms with Crippen LogP contribution in [-0.2, 0) is 6.54 Å². The molecule has 0 bridgehead atoms. The highest BCUT2D eigenvalue weighted by atomic mass is 35.5. The molecule has 0 aliphatic carbocycles. The monoisotopic (exact) mass is 253 g/mol. The molecule has 0 amide bonds. The first-order chi connectivity index (χ1) is 8.16. The van der Waals surface area contributed by atoms with Crippen molar-refractivity contribution in [3.8, 4) is 0 Å². The zero-order chi connectivity index (χ0) is 12.3. The number of anilines is 1. The molecule has 88 valence electrons. The third-order valence-electron chi connectivity index (χ3n) is 2.32. The Balaban J connectivity index is 2.10. The standard InChI is InChI=1S/C13H10ClF2N/c14-11-5-2-6-12(13(11)16)17-8-9-3-1-4-10(15)7-9/h1-7,17H,8H2. The molecule has 0 fully saturated rings. The summed E-state index contributed by atoms with van der Waals surface area (Å²) in [5, 5.41) is 2.94.